The van der Waals surface area contributed by atoms with Gasteiger partial charge < -0.3 is 14.8 Å². The summed E-state index contributed by atoms with van der Waals surface area (Å²) >= 11 is 0. The van der Waals surface area contributed by atoms with Gasteiger partial charge in [0.1, 0.15) is 5.52 Å². The number of oxazole rings is 1. The molecule has 1 heterocycles. The molecule has 0 spiro atoms. The van der Waals surface area contributed by atoms with E-state index in [2.05, 4.69) is 10.3 Å². The summed E-state index contributed by atoms with van der Waals surface area (Å²) in [7, 11) is 0. The van der Waals surface area contributed by atoms with Crippen LogP contribution in [0.25, 0.3) is 11.1 Å². The topological polar surface area (TPSA) is 75.4 Å². The third-order valence-corrected chi connectivity index (χ3v) is 2.41. The average Bonchev–Trinajstić information content (AvgIpc) is 2.67. The van der Waals surface area contributed by atoms with Gasteiger partial charge in [-0.3, -0.25) is 0 Å². The maximum atomic E-state index is 10.2. The summed E-state index contributed by atoms with van der Waals surface area (Å²) < 4.78 is 5.44. The van der Waals surface area contributed by atoms with Crippen molar-refractivity contribution in [2.24, 2.45) is 0 Å². The molecule has 94 valence electrons. The van der Waals surface area contributed by atoms with Crippen molar-refractivity contribution in [3.8, 4) is 0 Å². The second-order valence-electron chi connectivity index (χ2n) is 3.91. The van der Waals surface area contributed by atoms with E-state index < -0.39 is 5.97 Å². The van der Waals surface area contributed by atoms with Gasteiger partial charge in [-0.05, 0) is 17.7 Å². The molecule has 18 heavy (non-hydrogen) atoms. The number of aromatic nitrogens is 1. The summed E-state index contributed by atoms with van der Waals surface area (Å²) in [6.07, 6.45) is 2.69. The molecule has 0 atom stereocenters. The molecule has 0 radical (unpaired) electrons. The van der Waals surface area contributed by atoms with Crippen LogP contribution in [0.3, 0.4) is 0 Å². The Morgan fingerprint density at radius 2 is 2.39 bits per heavy atom. The van der Waals surface area contributed by atoms with Crippen LogP contribution in [0.15, 0.2) is 34.8 Å². The fourth-order valence-electron chi connectivity index (χ4n) is 1.65. The normalized spacial score (nSPS) is 11.4. The van der Waals surface area contributed by atoms with Crippen molar-refractivity contribution in [2.45, 2.75) is 13.5 Å². The van der Waals surface area contributed by atoms with E-state index in [-0.39, 0.29) is 0 Å². The second kappa shape index (κ2) is 5.46. The lowest BCUT2D eigenvalue weighted by atomic mass is 10.2. The lowest BCUT2D eigenvalue weighted by Crippen LogP contribution is -2.13. The van der Waals surface area contributed by atoms with Crippen molar-refractivity contribution < 1.29 is 14.3 Å². The molecule has 0 amide bonds. The SMILES string of the molecule is Cc1nc2ccc(CNC/C=C/C(=O)O)cc2o1. The largest absolute Gasteiger partial charge is 0.478 e. The van der Waals surface area contributed by atoms with Crippen molar-refractivity contribution in [1.82, 2.24) is 10.3 Å². The number of hydrogen-bond donors (Lipinski definition) is 2. The third kappa shape index (κ3) is 3.18. The van der Waals surface area contributed by atoms with Crippen molar-refractivity contribution in [2.75, 3.05) is 6.54 Å². The summed E-state index contributed by atoms with van der Waals surface area (Å²) in [5.74, 6) is -0.283. The Morgan fingerprint density at radius 3 is 3.17 bits per heavy atom. The van der Waals surface area contributed by atoms with Gasteiger partial charge in [-0.25, -0.2) is 9.78 Å². The average molecular weight is 246 g/mol. The number of hydrogen-bond acceptors (Lipinski definition) is 4. The minimum absolute atomic E-state index is 0.514. The van der Waals surface area contributed by atoms with E-state index >= 15 is 0 Å². The number of carboxylic acids is 1. The van der Waals surface area contributed by atoms with Crippen LogP contribution in [0, 0.1) is 6.92 Å². The highest BCUT2D eigenvalue weighted by atomic mass is 16.4. The number of nitrogens with one attached hydrogen (secondary N) is 1. The summed E-state index contributed by atoms with van der Waals surface area (Å²) in [4.78, 5) is 14.5. The molecule has 0 saturated carbocycles. The van der Waals surface area contributed by atoms with E-state index in [0.717, 1.165) is 22.7 Å². The molecule has 0 unspecified atom stereocenters. The lowest BCUT2D eigenvalue weighted by Gasteiger charge is -2.01. The van der Waals surface area contributed by atoms with Crippen molar-refractivity contribution >= 4 is 17.1 Å². The minimum Gasteiger partial charge on any atom is -0.478 e. The van der Waals surface area contributed by atoms with Crippen LogP contribution in [0.2, 0.25) is 0 Å². The zero-order chi connectivity index (χ0) is 13.0. The van der Waals surface area contributed by atoms with Crippen LogP contribution in [-0.2, 0) is 11.3 Å². The maximum absolute atomic E-state index is 10.2. The molecule has 0 aliphatic rings. The summed E-state index contributed by atoms with van der Waals surface area (Å²) in [5.41, 5.74) is 2.69. The predicted molar refractivity (Wildman–Crippen MR) is 67.2 cm³/mol. The highest BCUT2D eigenvalue weighted by Crippen LogP contribution is 2.16. The van der Waals surface area contributed by atoms with Crippen LogP contribution in [0.5, 0.6) is 0 Å². The third-order valence-electron chi connectivity index (χ3n) is 2.41. The van der Waals surface area contributed by atoms with Gasteiger partial charge in [-0.15, -0.1) is 0 Å². The maximum Gasteiger partial charge on any atom is 0.328 e. The number of carbonyl (C=O) groups is 1. The summed E-state index contributed by atoms with van der Waals surface area (Å²) in [5, 5.41) is 11.5. The van der Waals surface area contributed by atoms with E-state index in [1.807, 2.05) is 25.1 Å². The molecule has 0 saturated heterocycles. The Hall–Kier alpha value is -2.14. The van der Waals surface area contributed by atoms with Gasteiger partial charge in [-0.1, -0.05) is 12.1 Å². The predicted octanol–water partition coefficient (Wildman–Crippen LogP) is 1.87. The highest BCUT2D eigenvalue weighted by molar-refractivity contribution is 5.79. The minimum atomic E-state index is -0.935. The first kappa shape index (κ1) is 12.3. The van der Waals surface area contributed by atoms with Gasteiger partial charge in [0.15, 0.2) is 11.5 Å². The molecular weight excluding hydrogens is 232 g/mol. The van der Waals surface area contributed by atoms with E-state index in [1.165, 1.54) is 0 Å². The molecule has 2 N–H and O–H groups in total. The molecule has 0 bridgehead atoms. The summed E-state index contributed by atoms with van der Waals surface area (Å²) in [6.45, 7) is 2.98. The van der Waals surface area contributed by atoms with Gasteiger partial charge in [-0.2, -0.15) is 0 Å². The van der Waals surface area contributed by atoms with Crippen molar-refractivity contribution in [3.63, 3.8) is 0 Å². The number of aryl methyl sites for hydroxylation is 1. The van der Waals surface area contributed by atoms with E-state index in [4.69, 9.17) is 9.52 Å². The first-order chi connectivity index (χ1) is 8.65. The summed E-state index contributed by atoms with van der Waals surface area (Å²) in [6, 6.07) is 5.82. The molecule has 1 aromatic carbocycles. The second-order valence-corrected chi connectivity index (χ2v) is 3.91. The Morgan fingerprint density at radius 1 is 1.56 bits per heavy atom. The van der Waals surface area contributed by atoms with Gasteiger partial charge in [0.2, 0.25) is 0 Å². The van der Waals surface area contributed by atoms with Gasteiger partial charge >= 0.3 is 5.97 Å². The van der Waals surface area contributed by atoms with Crippen LogP contribution in [0.4, 0.5) is 0 Å². The number of benzene rings is 1. The fraction of sp³-hybridized carbons (Fsp3) is 0.231. The molecule has 0 aliphatic carbocycles. The van der Waals surface area contributed by atoms with Crippen molar-refractivity contribution in [1.29, 1.82) is 0 Å². The fourth-order valence-corrected chi connectivity index (χ4v) is 1.65. The smallest absolute Gasteiger partial charge is 0.328 e. The lowest BCUT2D eigenvalue weighted by molar-refractivity contribution is -0.131. The number of fused-ring (bicyclic) bond motifs is 1. The quantitative estimate of drug-likeness (QED) is 0.622. The first-order valence-corrected chi connectivity index (χ1v) is 5.61. The van der Waals surface area contributed by atoms with Crippen LogP contribution >= 0.6 is 0 Å². The molecule has 5 nitrogen and oxygen atoms in total. The number of nitrogens with zero attached hydrogens (tertiary/aromatic N) is 1. The number of carboxylic acid groups (broad SMARTS) is 1. The van der Waals surface area contributed by atoms with E-state index in [9.17, 15) is 4.79 Å². The number of aliphatic carboxylic acids is 1. The zero-order valence-corrected chi connectivity index (χ0v) is 10.0. The van der Waals surface area contributed by atoms with E-state index in [1.54, 1.807) is 6.08 Å². The standard InChI is InChI=1S/C13H14N2O3/c1-9-15-11-5-4-10(7-12(11)18-9)8-14-6-2-3-13(16)17/h2-5,7,14H,6,8H2,1H3,(H,16,17)/b3-2+. The first-order valence-electron chi connectivity index (χ1n) is 5.61. The molecular formula is C13H14N2O3. The highest BCUT2D eigenvalue weighted by Gasteiger charge is 2.02. The number of rotatable bonds is 5. The molecule has 2 rings (SSSR count). The Labute approximate surface area is 104 Å². The van der Waals surface area contributed by atoms with Gasteiger partial charge in [0.25, 0.3) is 0 Å². The van der Waals surface area contributed by atoms with Crippen LogP contribution < -0.4 is 5.32 Å². The Kier molecular flexibility index (Phi) is 3.74. The van der Waals surface area contributed by atoms with Gasteiger partial charge in [0, 0.05) is 26.1 Å². The molecule has 5 heteroatoms. The molecule has 0 fully saturated rings. The monoisotopic (exact) mass is 246 g/mol. The molecule has 1 aromatic heterocycles. The Balaban J connectivity index is 1.93. The van der Waals surface area contributed by atoms with E-state index in [0.29, 0.717) is 19.0 Å². The van der Waals surface area contributed by atoms with Crippen molar-refractivity contribution in [3.05, 3.63) is 41.8 Å². The molecule has 0 aliphatic heterocycles. The zero-order valence-electron chi connectivity index (χ0n) is 10.0. The van der Waals surface area contributed by atoms with Crippen LogP contribution in [0.1, 0.15) is 11.5 Å². The van der Waals surface area contributed by atoms with Gasteiger partial charge in [0.05, 0.1) is 0 Å². The Bertz CT molecular complexity index is 587. The molecule has 2 aromatic rings. The van der Waals surface area contributed by atoms with Crippen LogP contribution in [-0.4, -0.2) is 22.6 Å².